The Morgan fingerprint density at radius 1 is 0.902 bits per heavy atom. The molecule has 0 saturated heterocycles. The molecule has 1 aliphatic rings. The Bertz CT molecular complexity index is 1430. The van der Waals surface area contributed by atoms with Gasteiger partial charge in [-0.05, 0) is 48.6 Å². The number of sulfonamides is 1. The average molecular weight is 596 g/mol. The number of carbonyl (C=O) groups excluding carboxylic acids is 2. The third kappa shape index (κ3) is 8.33. The molecular formula is C32H38ClN3O4S. The zero-order valence-corrected chi connectivity index (χ0v) is 25.2. The smallest absolute Gasteiger partial charge is 0.244 e. The van der Waals surface area contributed by atoms with Crippen molar-refractivity contribution in [3.8, 4) is 0 Å². The van der Waals surface area contributed by atoms with Crippen LogP contribution in [0.5, 0.6) is 0 Å². The molecule has 1 fully saturated rings. The molecule has 0 aromatic heterocycles. The second kappa shape index (κ2) is 14.0. The quantitative estimate of drug-likeness (QED) is 0.317. The van der Waals surface area contributed by atoms with Crippen LogP contribution in [0.15, 0.2) is 78.9 Å². The number of anilines is 1. The van der Waals surface area contributed by atoms with E-state index in [0.717, 1.165) is 53.8 Å². The number of nitrogens with one attached hydrogen (secondary N) is 1. The van der Waals surface area contributed by atoms with Crippen LogP contribution >= 0.6 is 11.6 Å². The summed E-state index contributed by atoms with van der Waals surface area (Å²) in [6.07, 6.45) is 6.46. The molecule has 218 valence electrons. The highest BCUT2D eigenvalue weighted by Gasteiger charge is 2.34. The van der Waals surface area contributed by atoms with Crippen LogP contribution in [0.2, 0.25) is 5.02 Å². The van der Waals surface area contributed by atoms with Gasteiger partial charge in [0.2, 0.25) is 21.8 Å². The van der Waals surface area contributed by atoms with Gasteiger partial charge in [-0.15, -0.1) is 0 Å². The largest absolute Gasteiger partial charge is 0.352 e. The lowest BCUT2D eigenvalue weighted by Gasteiger charge is -2.35. The van der Waals surface area contributed by atoms with Crippen LogP contribution in [0.1, 0.15) is 48.8 Å². The topological polar surface area (TPSA) is 86.8 Å². The molecule has 3 aromatic rings. The van der Waals surface area contributed by atoms with Crippen LogP contribution in [0.25, 0.3) is 0 Å². The predicted molar refractivity (Wildman–Crippen MR) is 164 cm³/mol. The Labute approximate surface area is 248 Å². The molecule has 1 aliphatic carbocycles. The van der Waals surface area contributed by atoms with E-state index in [2.05, 4.69) is 5.32 Å². The van der Waals surface area contributed by atoms with Crippen LogP contribution in [0.4, 0.5) is 5.69 Å². The molecule has 0 spiro atoms. The molecule has 0 bridgehead atoms. The summed E-state index contributed by atoms with van der Waals surface area (Å²) in [5.41, 5.74) is 2.64. The fraction of sp³-hybridized carbons (Fsp3) is 0.375. The minimum atomic E-state index is -3.86. The lowest BCUT2D eigenvalue weighted by Crippen LogP contribution is -2.55. The average Bonchev–Trinajstić information content (AvgIpc) is 2.96. The van der Waals surface area contributed by atoms with Crippen molar-refractivity contribution in [2.75, 3.05) is 17.1 Å². The lowest BCUT2D eigenvalue weighted by atomic mass is 9.94. The Hall–Kier alpha value is -3.36. The van der Waals surface area contributed by atoms with Crippen molar-refractivity contribution in [2.45, 2.75) is 64.1 Å². The van der Waals surface area contributed by atoms with Gasteiger partial charge >= 0.3 is 0 Å². The number of hydrogen-bond acceptors (Lipinski definition) is 4. The number of nitrogens with zero attached hydrogens (tertiary/aromatic N) is 2. The summed E-state index contributed by atoms with van der Waals surface area (Å²) in [4.78, 5) is 29.7. The summed E-state index contributed by atoms with van der Waals surface area (Å²) in [7, 11) is -3.86. The van der Waals surface area contributed by atoms with Gasteiger partial charge in [-0.2, -0.15) is 0 Å². The van der Waals surface area contributed by atoms with Crippen molar-refractivity contribution in [1.82, 2.24) is 10.2 Å². The van der Waals surface area contributed by atoms with E-state index in [4.69, 9.17) is 11.6 Å². The number of benzene rings is 3. The minimum Gasteiger partial charge on any atom is -0.352 e. The molecule has 1 N–H and O–H groups in total. The Balaban J connectivity index is 1.72. The fourth-order valence-electron chi connectivity index (χ4n) is 5.34. The molecular weight excluding hydrogens is 558 g/mol. The van der Waals surface area contributed by atoms with E-state index in [9.17, 15) is 18.0 Å². The minimum absolute atomic E-state index is 0.0600. The van der Waals surface area contributed by atoms with Crippen LogP contribution < -0.4 is 9.62 Å². The van der Waals surface area contributed by atoms with E-state index in [-0.39, 0.29) is 18.5 Å². The maximum Gasteiger partial charge on any atom is 0.244 e. The third-order valence-electron chi connectivity index (χ3n) is 7.61. The molecule has 41 heavy (non-hydrogen) atoms. The highest BCUT2D eigenvalue weighted by Crippen LogP contribution is 2.29. The first-order valence-corrected chi connectivity index (χ1v) is 16.3. The summed E-state index contributed by atoms with van der Waals surface area (Å²) in [6, 6.07) is 23.2. The van der Waals surface area contributed by atoms with Gasteiger partial charge in [0.05, 0.1) is 11.9 Å². The summed E-state index contributed by atoms with van der Waals surface area (Å²) >= 11 is 6.32. The first-order chi connectivity index (χ1) is 19.6. The second-order valence-electron chi connectivity index (χ2n) is 10.7. The molecule has 7 nitrogen and oxygen atoms in total. The number of rotatable bonds is 11. The third-order valence-corrected chi connectivity index (χ3v) is 9.14. The Morgan fingerprint density at radius 3 is 2.12 bits per heavy atom. The van der Waals surface area contributed by atoms with Gasteiger partial charge in [-0.3, -0.25) is 13.9 Å². The van der Waals surface area contributed by atoms with E-state index < -0.39 is 28.5 Å². The molecule has 0 heterocycles. The highest BCUT2D eigenvalue weighted by molar-refractivity contribution is 7.92. The number of halogens is 1. The lowest BCUT2D eigenvalue weighted by molar-refractivity contribution is -0.140. The molecule has 2 amide bonds. The number of carbonyl (C=O) groups is 2. The molecule has 4 rings (SSSR count). The standard InChI is InChI=1S/C32H38ClN3O4S/c1-24-28(33)19-12-20-29(24)36(41(2,39)40)23-31(37)35(22-26-15-8-4-9-16-26)30(21-25-13-6-3-7-14-25)32(38)34-27-17-10-5-11-18-27/h3-4,6-9,12-16,19-20,27,30H,5,10-11,17-18,21-23H2,1-2H3,(H,34,38)/t30-/m0/s1. The predicted octanol–water partition coefficient (Wildman–Crippen LogP) is 5.50. The SMILES string of the molecule is Cc1c(Cl)cccc1N(CC(=O)N(Cc1ccccc1)[C@@H](Cc1ccccc1)C(=O)NC1CCCCC1)S(C)(=O)=O. The van der Waals surface area contributed by atoms with Crippen molar-refractivity contribution in [2.24, 2.45) is 0 Å². The first kappa shape index (κ1) is 30.6. The molecule has 0 unspecified atom stereocenters. The highest BCUT2D eigenvalue weighted by atomic mass is 35.5. The molecule has 3 aromatic carbocycles. The van der Waals surface area contributed by atoms with Gasteiger partial charge < -0.3 is 10.2 Å². The zero-order valence-electron chi connectivity index (χ0n) is 23.6. The Kier molecular flexibility index (Phi) is 10.5. The van der Waals surface area contributed by atoms with Crippen LogP contribution in [0.3, 0.4) is 0 Å². The molecule has 1 saturated carbocycles. The van der Waals surface area contributed by atoms with Crippen molar-refractivity contribution in [3.63, 3.8) is 0 Å². The normalized spacial score (nSPS) is 14.7. The van der Waals surface area contributed by atoms with Crippen LogP contribution in [0, 0.1) is 6.92 Å². The second-order valence-corrected chi connectivity index (χ2v) is 13.0. The summed E-state index contributed by atoms with van der Waals surface area (Å²) in [6.45, 7) is 1.41. The maximum absolute atomic E-state index is 14.2. The maximum atomic E-state index is 14.2. The van der Waals surface area contributed by atoms with Gasteiger partial charge in [-0.25, -0.2) is 8.42 Å². The summed E-state index contributed by atoms with van der Waals surface area (Å²) in [5.74, 6) is -0.701. The fourth-order valence-corrected chi connectivity index (χ4v) is 6.41. The monoisotopic (exact) mass is 595 g/mol. The summed E-state index contributed by atoms with van der Waals surface area (Å²) < 4.78 is 27.1. The first-order valence-electron chi connectivity index (χ1n) is 14.0. The van der Waals surface area contributed by atoms with Crippen molar-refractivity contribution in [3.05, 3.63) is 101 Å². The molecule has 0 aliphatic heterocycles. The van der Waals surface area contributed by atoms with Gasteiger partial charge in [0.1, 0.15) is 12.6 Å². The Morgan fingerprint density at radius 2 is 1.51 bits per heavy atom. The van der Waals surface area contributed by atoms with Gasteiger partial charge in [0, 0.05) is 24.0 Å². The van der Waals surface area contributed by atoms with E-state index in [1.54, 1.807) is 25.1 Å². The van der Waals surface area contributed by atoms with E-state index in [1.165, 1.54) is 4.90 Å². The molecule has 1 atom stereocenters. The zero-order chi connectivity index (χ0) is 29.4. The molecule has 9 heteroatoms. The van der Waals surface area contributed by atoms with Gasteiger partial charge in [-0.1, -0.05) is 97.6 Å². The summed E-state index contributed by atoms with van der Waals surface area (Å²) in [5, 5.41) is 3.61. The van der Waals surface area contributed by atoms with Crippen molar-refractivity contribution >= 4 is 39.1 Å². The van der Waals surface area contributed by atoms with Crippen molar-refractivity contribution in [1.29, 1.82) is 0 Å². The van der Waals surface area contributed by atoms with E-state index in [0.29, 0.717) is 22.7 Å². The van der Waals surface area contributed by atoms with Crippen LogP contribution in [-0.2, 0) is 32.6 Å². The number of amides is 2. The van der Waals surface area contributed by atoms with Gasteiger partial charge in [0.15, 0.2) is 0 Å². The van der Waals surface area contributed by atoms with E-state index >= 15 is 0 Å². The van der Waals surface area contributed by atoms with Crippen LogP contribution in [-0.4, -0.2) is 50.0 Å². The number of hydrogen-bond donors (Lipinski definition) is 1. The molecule has 0 radical (unpaired) electrons. The van der Waals surface area contributed by atoms with Crippen molar-refractivity contribution < 1.29 is 18.0 Å². The van der Waals surface area contributed by atoms with Gasteiger partial charge in [0.25, 0.3) is 0 Å². The van der Waals surface area contributed by atoms with E-state index in [1.807, 2.05) is 60.7 Å².